The van der Waals surface area contributed by atoms with Gasteiger partial charge in [-0.05, 0) is 35.9 Å². The molecule has 6 nitrogen and oxygen atoms in total. The molecule has 2 aromatic rings. The van der Waals surface area contributed by atoms with Crippen LogP contribution in [0.2, 0.25) is 5.02 Å². The molecular formula is C18H14ClN3O3. The molecule has 0 fully saturated rings. The summed E-state index contributed by atoms with van der Waals surface area (Å²) in [6.07, 6.45) is 1.31. The first-order valence-corrected chi connectivity index (χ1v) is 7.60. The van der Waals surface area contributed by atoms with E-state index in [1.807, 2.05) is 12.1 Å². The van der Waals surface area contributed by atoms with Gasteiger partial charge in [-0.2, -0.15) is 5.26 Å². The van der Waals surface area contributed by atoms with Crippen LogP contribution in [0.5, 0.6) is 0 Å². The van der Waals surface area contributed by atoms with E-state index in [9.17, 15) is 9.59 Å². The van der Waals surface area contributed by atoms with Gasteiger partial charge >= 0.3 is 5.97 Å². The normalized spacial score (nSPS) is 10.6. The number of hydrogen-bond donors (Lipinski definition) is 3. The van der Waals surface area contributed by atoms with E-state index in [2.05, 4.69) is 10.6 Å². The lowest BCUT2D eigenvalue weighted by atomic mass is 10.2. The summed E-state index contributed by atoms with van der Waals surface area (Å²) in [7, 11) is 0. The van der Waals surface area contributed by atoms with E-state index in [-0.39, 0.29) is 11.1 Å². The predicted octanol–water partition coefficient (Wildman–Crippen LogP) is 3.17. The molecule has 0 unspecified atom stereocenters. The average Bonchev–Trinajstić information content (AvgIpc) is 2.60. The van der Waals surface area contributed by atoms with E-state index in [0.29, 0.717) is 17.3 Å². The molecule has 0 spiro atoms. The summed E-state index contributed by atoms with van der Waals surface area (Å²) < 4.78 is 0. The summed E-state index contributed by atoms with van der Waals surface area (Å²) in [4.78, 5) is 23.0. The van der Waals surface area contributed by atoms with E-state index in [4.69, 9.17) is 22.0 Å². The molecule has 2 rings (SSSR count). The first kappa shape index (κ1) is 18.0. The zero-order chi connectivity index (χ0) is 18.2. The van der Waals surface area contributed by atoms with E-state index in [1.165, 1.54) is 24.4 Å². The zero-order valence-electron chi connectivity index (χ0n) is 13.0. The minimum Gasteiger partial charge on any atom is -0.478 e. The fourth-order valence-corrected chi connectivity index (χ4v) is 2.08. The molecular weight excluding hydrogens is 342 g/mol. The van der Waals surface area contributed by atoms with Crippen LogP contribution in [-0.4, -0.2) is 17.0 Å². The van der Waals surface area contributed by atoms with Crippen molar-refractivity contribution in [2.75, 3.05) is 5.32 Å². The van der Waals surface area contributed by atoms with Crippen molar-refractivity contribution in [1.29, 1.82) is 5.26 Å². The maximum absolute atomic E-state index is 12.1. The lowest BCUT2D eigenvalue weighted by Crippen LogP contribution is -2.17. The summed E-state index contributed by atoms with van der Waals surface area (Å²) >= 11 is 5.80. The van der Waals surface area contributed by atoms with Gasteiger partial charge in [0.05, 0.1) is 5.56 Å². The number of rotatable bonds is 6. The SMILES string of the molecule is N#C/C(=C/NCc1ccc(Cl)cc1)C(=O)Nc1cccc(C(=O)O)c1. The monoisotopic (exact) mass is 355 g/mol. The summed E-state index contributed by atoms with van der Waals surface area (Å²) in [5.41, 5.74) is 1.15. The molecule has 126 valence electrons. The third kappa shape index (κ3) is 5.37. The highest BCUT2D eigenvalue weighted by molar-refractivity contribution is 6.30. The number of halogens is 1. The third-order valence-electron chi connectivity index (χ3n) is 3.20. The number of carboxylic acids is 1. The zero-order valence-corrected chi connectivity index (χ0v) is 13.7. The Kier molecular flexibility index (Phi) is 6.15. The molecule has 25 heavy (non-hydrogen) atoms. The Bertz CT molecular complexity index is 855. The van der Waals surface area contributed by atoms with Gasteiger partial charge in [0.25, 0.3) is 5.91 Å². The average molecular weight is 356 g/mol. The Morgan fingerprint density at radius 2 is 1.92 bits per heavy atom. The number of nitrogens with zero attached hydrogens (tertiary/aromatic N) is 1. The van der Waals surface area contributed by atoms with Gasteiger partial charge < -0.3 is 15.7 Å². The molecule has 1 amide bonds. The Morgan fingerprint density at radius 1 is 1.20 bits per heavy atom. The molecule has 3 N–H and O–H groups in total. The largest absolute Gasteiger partial charge is 0.478 e. The van der Waals surface area contributed by atoms with Gasteiger partial charge in [-0.25, -0.2) is 4.79 Å². The Labute approximate surface area is 149 Å². The van der Waals surface area contributed by atoms with E-state index in [0.717, 1.165) is 5.56 Å². The van der Waals surface area contributed by atoms with Crippen molar-refractivity contribution in [2.45, 2.75) is 6.54 Å². The number of nitrogens with one attached hydrogen (secondary N) is 2. The highest BCUT2D eigenvalue weighted by Gasteiger charge is 2.10. The quantitative estimate of drug-likeness (QED) is 0.545. The van der Waals surface area contributed by atoms with Crippen molar-refractivity contribution < 1.29 is 14.7 Å². The molecule has 0 heterocycles. The predicted molar refractivity (Wildman–Crippen MR) is 94.0 cm³/mol. The van der Waals surface area contributed by atoms with Gasteiger partial charge in [0.1, 0.15) is 11.6 Å². The first-order valence-electron chi connectivity index (χ1n) is 7.22. The molecule has 0 radical (unpaired) electrons. The van der Waals surface area contributed by atoms with Crippen LogP contribution in [0, 0.1) is 11.3 Å². The van der Waals surface area contributed by atoms with Crippen molar-refractivity contribution in [3.8, 4) is 6.07 Å². The third-order valence-corrected chi connectivity index (χ3v) is 3.45. The first-order chi connectivity index (χ1) is 12.0. The topological polar surface area (TPSA) is 102 Å². The van der Waals surface area contributed by atoms with Crippen molar-refractivity contribution in [1.82, 2.24) is 5.32 Å². The Morgan fingerprint density at radius 3 is 2.56 bits per heavy atom. The van der Waals surface area contributed by atoms with Crippen LogP contribution < -0.4 is 10.6 Å². The second kappa shape index (κ2) is 8.52. The van der Waals surface area contributed by atoms with Crippen molar-refractivity contribution in [3.63, 3.8) is 0 Å². The summed E-state index contributed by atoms with van der Waals surface area (Å²) in [6.45, 7) is 0.421. The minimum absolute atomic E-state index is 0.0427. The van der Waals surface area contributed by atoms with Gasteiger partial charge in [-0.3, -0.25) is 4.79 Å². The molecule has 2 aromatic carbocycles. The van der Waals surface area contributed by atoms with E-state index < -0.39 is 11.9 Å². The van der Waals surface area contributed by atoms with Crippen LogP contribution in [-0.2, 0) is 11.3 Å². The molecule has 0 bridgehead atoms. The lowest BCUT2D eigenvalue weighted by molar-refractivity contribution is -0.112. The standard InChI is InChI=1S/C18H14ClN3O3/c19-15-6-4-12(5-7-15)10-21-11-14(9-20)17(23)22-16-3-1-2-13(8-16)18(24)25/h1-8,11,21H,10H2,(H,22,23)(H,24,25)/b14-11-. The number of amides is 1. The van der Waals surface area contributed by atoms with Crippen LogP contribution in [0.15, 0.2) is 60.3 Å². The van der Waals surface area contributed by atoms with Gasteiger partial charge in [-0.15, -0.1) is 0 Å². The Hall–Kier alpha value is -3.30. The smallest absolute Gasteiger partial charge is 0.335 e. The van der Waals surface area contributed by atoms with Crippen LogP contribution in [0.4, 0.5) is 5.69 Å². The number of benzene rings is 2. The lowest BCUT2D eigenvalue weighted by Gasteiger charge is -2.06. The molecule has 0 aliphatic rings. The summed E-state index contributed by atoms with van der Waals surface area (Å²) in [6, 6.07) is 14.7. The molecule has 0 aromatic heterocycles. The number of carbonyl (C=O) groups excluding carboxylic acids is 1. The maximum Gasteiger partial charge on any atom is 0.335 e. The fraction of sp³-hybridized carbons (Fsp3) is 0.0556. The van der Waals surface area contributed by atoms with Crippen LogP contribution in [0.25, 0.3) is 0 Å². The molecule has 0 saturated carbocycles. The maximum atomic E-state index is 12.1. The molecule has 0 aliphatic heterocycles. The molecule has 0 saturated heterocycles. The summed E-state index contributed by atoms with van der Waals surface area (Å²) in [5, 5.41) is 24.1. The second-order valence-electron chi connectivity index (χ2n) is 5.02. The highest BCUT2D eigenvalue weighted by atomic mass is 35.5. The van der Waals surface area contributed by atoms with Crippen molar-refractivity contribution >= 4 is 29.2 Å². The van der Waals surface area contributed by atoms with Gasteiger partial charge in [0, 0.05) is 23.5 Å². The van der Waals surface area contributed by atoms with Crippen molar-refractivity contribution in [2.24, 2.45) is 0 Å². The number of carboxylic acid groups (broad SMARTS) is 1. The highest BCUT2D eigenvalue weighted by Crippen LogP contribution is 2.12. The number of carbonyl (C=O) groups is 2. The van der Waals surface area contributed by atoms with Gasteiger partial charge in [0.15, 0.2) is 0 Å². The molecule has 0 atom stereocenters. The minimum atomic E-state index is -1.10. The molecule has 0 aliphatic carbocycles. The van der Waals surface area contributed by atoms with E-state index >= 15 is 0 Å². The van der Waals surface area contributed by atoms with Crippen LogP contribution >= 0.6 is 11.6 Å². The van der Waals surface area contributed by atoms with E-state index in [1.54, 1.807) is 24.3 Å². The van der Waals surface area contributed by atoms with Gasteiger partial charge in [-0.1, -0.05) is 29.8 Å². The fourth-order valence-electron chi connectivity index (χ4n) is 1.95. The molecule has 7 heteroatoms. The number of anilines is 1. The second-order valence-corrected chi connectivity index (χ2v) is 5.45. The number of hydrogen-bond acceptors (Lipinski definition) is 4. The Balaban J connectivity index is 2.00. The van der Waals surface area contributed by atoms with Gasteiger partial charge in [0.2, 0.25) is 0 Å². The van der Waals surface area contributed by atoms with Crippen LogP contribution in [0.1, 0.15) is 15.9 Å². The number of nitriles is 1. The summed E-state index contributed by atoms with van der Waals surface area (Å²) in [5.74, 6) is -1.73. The van der Waals surface area contributed by atoms with Crippen LogP contribution in [0.3, 0.4) is 0 Å². The van der Waals surface area contributed by atoms with Crippen molar-refractivity contribution in [3.05, 3.63) is 76.5 Å². The number of aromatic carboxylic acids is 1.